The topological polar surface area (TPSA) is 53.4 Å². The smallest absolute Gasteiger partial charge is 0.273 e. The van der Waals surface area contributed by atoms with E-state index in [1.165, 1.54) is 11.3 Å². The molecule has 20 heavy (non-hydrogen) atoms. The highest BCUT2D eigenvalue weighted by Gasteiger charge is 2.15. The number of thiophene rings is 1. The third-order valence-electron chi connectivity index (χ3n) is 2.99. The largest absolute Gasteiger partial charge is 0.396 e. The van der Waals surface area contributed by atoms with Crippen LogP contribution in [0.2, 0.25) is 0 Å². The summed E-state index contributed by atoms with van der Waals surface area (Å²) in [6, 6.07) is 2.01. The van der Waals surface area contributed by atoms with Gasteiger partial charge in [0, 0.05) is 36.5 Å². The number of hydrogen-bond acceptors (Lipinski definition) is 5. The van der Waals surface area contributed by atoms with Gasteiger partial charge in [-0.3, -0.25) is 4.79 Å². The number of nitrogens with zero attached hydrogens (tertiary/aromatic N) is 2. The van der Waals surface area contributed by atoms with E-state index in [-0.39, 0.29) is 12.5 Å². The minimum atomic E-state index is -0.0354. The average molecular weight is 310 g/mol. The number of aliphatic hydroxyl groups excluding tert-OH is 1. The van der Waals surface area contributed by atoms with E-state index in [9.17, 15) is 4.79 Å². The van der Waals surface area contributed by atoms with Crippen LogP contribution in [-0.4, -0.2) is 41.1 Å². The lowest BCUT2D eigenvalue weighted by Crippen LogP contribution is -2.28. The van der Waals surface area contributed by atoms with Gasteiger partial charge < -0.3 is 10.0 Å². The number of carbonyl (C=O) groups is 1. The standard InChI is InChI=1S/C14H18N2O2S2/c1-16(6-3-2-4-7-17)14(18)12-10-20-13(15-12)11-5-8-19-9-11/h5,8-10,17H,2-4,6-7H2,1H3. The van der Waals surface area contributed by atoms with E-state index >= 15 is 0 Å². The van der Waals surface area contributed by atoms with E-state index in [0.29, 0.717) is 12.2 Å². The van der Waals surface area contributed by atoms with Crippen molar-refractivity contribution in [3.8, 4) is 10.6 Å². The minimum absolute atomic E-state index is 0.0354. The molecule has 0 spiro atoms. The number of amides is 1. The molecule has 2 rings (SSSR count). The zero-order valence-corrected chi connectivity index (χ0v) is 13.0. The molecule has 0 bridgehead atoms. The molecule has 108 valence electrons. The van der Waals surface area contributed by atoms with Gasteiger partial charge >= 0.3 is 0 Å². The van der Waals surface area contributed by atoms with Gasteiger partial charge in [-0.25, -0.2) is 4.98 Å². The van der Waals surface area contributed by atoms with E-state index in [4.69, 9.17) is 5.11 Å². The lowest BCUT2D eigenvalue weighted by molar-refractivity contribution is 0.0787. The van der Waals surface area contributed by atoms with Crippen LogP contribution in [0, 0.1) is 0 Å². The summed E-state index contributed by atoms with van der Waals surface area (Å²) >= 11 is 3.12. The first-order valence-corrected chi connectivity index (χ1v) is 8.39. The quantitative estimate of drug-likeness (QED) is 0.800. The van der Waals surface area contributed by atoms with Crippen LogP contribution in [0.5, 0.6) is 0 Å². The summed E-state index contributed by atoms with van der Waals surface area (Å²) in [4.78, 5) is 18.3. The second-order valence-electron chi connectivity index (χ2n) is 4.56. The fraction of sp³-hybridized carbons (Fsp3) is 0.429. The van der Waals surface area contributed by atoms with Crippen LogP contribution in [0.4, 0.5) is 0 Å². The van der Waals surface area contributed by atoms with Gasteiger partial charge in [-0.05, 0) is 30.7 Å². The van der Waals surface area contributed by atoms with Gasteiger partial charge in [0.15, 0.2) is 0 Å². The van der Waals surface area contributed by atoms with E-state index in [1.54, 1.807) is 23.3 Å². The maximum absolute atomic E-state index is 12.2. The minimum Gasteiger partial charge on any atom is -0.396 e. The van der Waals surface area contributed by atoms with Gasteiger partial charge in [-0.2, -0.15) is 11.3 Å². The van der Waals surface area contributed by atoms with Crippen molar-refractivity contribution < 1.29 is 9.90 Å². The molecule has 0 fully saturated rings. The van der Waals surface area contributed by atoms with E-state index in [2.05, 4.69) is 4.98 Å². The predicted octanol–water partition coefficient (Wildman–Crippen LogP) is 3.11. The zero-order chi connectivity index (χ0) is 14.4. The zero-order valence-electron chi connectivity index (χ0n) is 11.4. The third kappa shape index (κ3) is 3.88. The SMILES string of the molecule is CN(CCCCCO)C(=O)c1csc(-c2ccsc2)n1. The van der Waals surface area contributed by atoms with Crippen molar-refractivity contribution in [2.45, 2.75) is 19.3 Å². The molecule has 2 aromatic heterocycles. The Balaban J connectivity index is 1.92. The number of aromatic nitrogens is 1. The Labute approximate surface area is 126 Å². The van der Waals surface area contributed by atoms with Crippen LogP contribution in [0.3, 0.4) is 0 Å². The Bertz CT molecular complexity index is 537. The highest BCUT2D eigenvalue weighted by Crippen LogP contribution is 2.26. The molecule has 0 saturated carbocycles. The Morgan fingerprint density at radius 3 is 2.90 bits per heavy atom. The second kappa shape index (κ2) is 7.52. The molecular formula is C14H18N2O2S2. The van der Waals surface area contributed by atoms with Crippen LogP contribution in [-0.2, 0) is 0 Å². The normalized spacial score (nSPS) is 10.7. The Morgan fingerprint density at radius 2 is 2.20 bits per heavy atom. The van der Waals surface area contributed by atoms with Gasteiger partial charge in [-0.15, -0.1) is 11.3 Å². The molecular weight excluding hydrogens is 292 g/mol. The molecule has 0 aromatic carbocycles. The van der Waals surface area contributed by atoms with Crippen molar-refractivity contribution in [1.82, 2.24) is 9.88 Å². The number of carbonyl (C=O) groups excluding carboxylic acids is 1. The first-order chi connectivity index (χ1) is 9.72. The number of rotatable bonds is 7. The molecule has 0 radical (unpaired) electrons. The van der Waals surface area contributed by atoms with Gasteiger partial charge in [0.25, 0.3) is 5.91 Å². The molecule has 0 aliphatic carbocycles. The molecule has 1 N–H and O–H groups in total. The number of unbranched alkanes of at least 4 members (excludes halogenated alkanes) is 2. The third-order valence-corrected chi connectivity index (χ3v) is 4.56. The van der Waals surface area contributed by atoms with Gasteiger partial charge in [0.2, 0.25) is 0 Å². The Kier molecular flexibility index (Phi) is 5.70. The van der Waals surface area contributed by atoms with Crippen molar-refractivity contribution in [2.24, 2.45) is 0 Å². The van der Waals surface area contributed by atoms with Gasteiger partial charge in [0.1, 0.15) is 10.7 Å². The van der Waals surface area contributed by atoms with Gasteiger partial charge in [0.05, 0.1) is 0 Å². The molecule has 0 aliphatic rings. The number of thiazole rings is 1. The molecule has 6 heteroatoms. The van der Waals surface area contributed by atoms with Crippen molar-refractivity contribution in [2.75, 3.05) is 20.2 Å². The van der Waals surface area contributed by atoms with Crippen LogP contribution in [0.15, 0.2) is 22.2 Å². The average Bonchev–Trinajstić information content (AvgIpc) is 3.11. The monoisotopic (exact) mass is 310 g/mol. The van der Waals surface area contributed by atoms with Gasteiger partial charge in [-0.1, -0.05) is 0 Å². The number of aliphatic hydroxyl groups is 1. The molecule has 1 amide bonds. The summed E-state index contributed by atoms with van der Waals surface area (Å²) in [6.07, 6.45) is 2.64. The number of hydrogen-bond donors (Lipinski definition) is 1. The van der Waals surface area contributed by atoms with Crippen LogP contribution in [0.25, 0.3) is 10.6 Å². The molecule has 0 aliphatic heterocycles. The Morgan fingerprint density at radius 1 is 1.35 bits per heavy atom. The van der Waals surface area contributed by atoms with Crippen molar-refractivity contribution in [3.05, 3.63) is 27.9 Å². The summed E-state index contributed by atoms with van der Waals surface area (Å²) in [5, 5.41) is 15.5. The molecule has 0 saturated heterocycles. The fourth-order valence-corrected chi connectivity index (χ4v) is 3.33. The fourth-order valence-electron chi connectivity index (χ4n) is 1.83. The van der Waals surface area contributed by atoms with Crippen molar-refractivity contribution in [1.29, 1.82) is 0 Å². The molecule has 4 nitrogen and oxygen atoms in total. The second-order valence-corrected chi connectivity index (χ2v) is 6.20. The lowest BCUT2D eigenvalue weighted by Gasteiger charge is -2.15. The summed E-state index contributed by atoms with van der Waals surface area (Å²) in [5.74, 6) is -0.0354. The van der Waals surface area contributed by atoms with E-state index in [1.807, 2.05) is 22.2 Å². The molecule has 2 aromatic rings. The maximum Gasteiger partial charge on any atom is 0.273 e. The first-order valence-electron chi connectivity index (χ1n) is 6.57. The highest BCUT2D eigenvalue weighted by molar-refractivity contribution is 7.14. The Hall–Kier alpha value is -1.24. The molecule has 0 atom stereocenters. The van der Waals surface area contributed by atoms with Crippen molar-refractivity contribution in [3.63, 3.8) is 0 Å². The van der Waals surface area contributed by atoms with E-state index in [0.717, 1.165) is 29.8 Å². The van der Waals surface area contributed by atoms with Crippen LogP contribution >= 0.6 is 22.7 Å². The maximum atomic E-state index is 12.2. The highest BCUT2D eigenvalue weighted by atomic mass is 32.1. The van der Waals surface area contributed by atoms with Crippen molar-refractivity contribution >= 4 is 28.6 Å². The summed E-state index contributed by atoms with van der Waals surface area (Å²) in [5.41, 5.74) is 1.59. The lowest BCUT2D eigenvalue weighted by atomic mass is 10.2. The predicted molar refractivity (Wildman–Crippen MR) is 83.3 cm³/mol. The summed E-state index contributed by atoms with van der Waals surface area (Å²) in [6.45, 7) is 0.915. The molecule has 2 heterocycles. The van der Waals surface area contributed by atoms with Crippen LogP contribution < -0.4 is 0 Å². The van der Waals surface area contributed by atoms with Crippen LogP contribution in [0.1, 0.15) is 29.8 Å². The molecule has 0 unspecified atom stereocenters. The first kappa shape index (κ1) is 15.2. The van der Waals surface area contributed by atoms with E-state index < -0.39 is 0 Å². The summed E-state index contributed by atoms with van der Waals surface area (Å²) in [7, 11) is 1.80. The summed E-state index contributed by atoms with van der Waals surface area (Å²) < 4.78 is 0.